The topological polar surface area (TPSA) is 161 Å². The van der Waals surface area contributed by atoms with Crippen LogP contribution in [0.25, 0.3) is 10.4 Å². The smallest absolute Gasteiger partial charge is 0.271 e. The van der Waals surface area contributed by atoms with Gasteiger partial charge in [0, 0.05) is 40.6 Å². The van der Waals surface area contributed by atoms with E-state index in [1.807, 2.05) is 0 Å². The van der Waals surface area contributed by atoms with Gasteiger partial charge in [-0.05, 0) is 11.6 Å². The molecular formula is C12H10N6O4. The lowest BCUT2D eigenvalue weighted by Gasteiger charge is -1.90. The number of nitro benzene ring substituents is 2. The van der Waals surface area contributed by atoms with Gasteiger partial charge in [0.05, 0.1) is 9.85 Å². The SMILES string of the molecule is Nc1cccc([N+](=O)[O-])c1.[N-]=[N+]=Nc1cccc([N+](=O)[O-])c1. The van der Waals surface area contributed by atoms with Crippen LogP contribution in [-0.2, 0) is 0 Å². The Hall–Kier alpha value is -3.65. The fourth-order valence-corrected chi connectivity index (χ4v) is 1.36. The van der Waals surface area contributed by atoms with Gasteiger partial charge in [-0.25, -0.2) is 0 Å². The minimum atomic E-state index is -0.545. The van der Waals surface area contributed by atoms with Gasteiger partial charge in [0.2, 0.25) is 0 Å². The fraction of sp³-hybridized carbons (Fsp3) is 0. The number of hydrogen-bond acceptors (Lipinski definition) is 6. The molecule has 0 bridgehead atoms. The van der Waals surface area contributed by atoms with E-state index in [0.29, 0.717) is 5.69 Å². The first-order valence-corrected chi connectivity index (χ1v) is 5.73. The molecule has 0 saturated carbocycles. The monoisotopic (exact) mass is 302 g/mol. The van der Waals surface area contributed by atoms with Crippen molar-refractivity contribution in [2.75, 3.05) is 5.73 Å². The van der Waals surface area contributed by atoms with Gasteiger partial charge in [0.15, 0.2) is 0 Å². The molecule has 0 unspecified atom stereocenters. The van der Waals surface area contributed by atoms with Gasteiger partial charge in [-0.15, -0.1) is 0 Å². The molecule has 10 heteroatoms. The molecule has 0 saturated heterocycles. The molecule has 2 aromatic rings. The Morgan fingerprint density at radius 1 is 1.00 bits per heavy atom. The molecule has 112 valence electrons. The molecule has 0 aliphatic carbocycles. The largest absolute Gasteiger partial charge is 0.399 e. The van der Waals surface area contributed by atoms with E-state index in [-0.39, 0.29) is 17.1 Å². The van der Waals surface area contributed by atoms with Crippen LogP contribution in [0.1, 0.15) is 0 Å². The maximum atomic E-state index is 10.2. The maximum Gasteiger partial charge on any atom is 0.271 e. The molecule has 2 rings (SSSR count). The highest BCUT2D eigenvalue weighted by molar-refractivity contribution is 5.47. The van der Waals surface area contributed by atoms with Crippen molar-refractivity contribution < 1.29 is 9.85 Å². The van der Waals surface area contributed by atoms with E-state index in [9.17, 15) is 20.2 Å². The summed E-state index contributed by atoms with van der Waals surface area (Å²) in [6, 6.07) is 11.4. The van der Waals surface area contributed by atoms with Gasteiger partial charge < -0.3 is 5.73 Å². The number of nitrogens with zero attached hydrogens (tertiary/aromatic N) is 5. The zero-order valence-electron chi connectivity index (χ0n) is 11.1. The van der Waals surface area contributed by atoms with Crippen molar-refractivity contribution in [2.45, 2.75) is 0 Å². The number of benzene rings is 2. The summed E-state index contributed by atoms with van der Waals surface area (Å²) in [5, 5.41) is 23.6. The first-order valence-electron chi connectivity index (χ1n) is 5.73. The van der Waals surface area contributed by atoms with Gasteiger partial charge in [-0.1, -0.05) is 23.3 Å². The number of non-ortho nitro benzene ring substituents is 2. The number of anilines is 1. The Morgan fingerprint density at radius 2 is 1.55 bits per heavy atom. The van der Waals surface area contributed by atoms with Crippen molar-refractivity contribution in [3.63, 3.8) is 0 Å². The molecule has 0 atom stereocenters. The summed E-state index contributed by atoms with van der Waals surface area (Å²) >= 11 is 0. The van der Waals surface area contributed by atoms with Crippen molar-refractivity contribution >= 4 is 22.7 Å². The first-order chi connectivity index (χ1) is 10.4. The maximum absolute atomic E-state index is 10.2. The lowest BCUT2D eigenvalue weighted by atomic mass is 10.3. The summed E-state index contributed by atoms with van der Waals surface area (Å²) < 4.78 is 0. The molecular weight excluding hydrogens is 292 g/mol. The molecule has 0 aromatic heterocycles. The van der Waals surface area contributed by atoms with E-state index in [4.69, 9.17) is 11.3 Å². The van der Waals surface area contributed by atoms with Crippen molar-refractivity contribution in [3.8, 4) is 0 Å². The average molecular weight is 302 g/mol. The Bertz CT molecular complexity index is 725. The van der Waals surface area contributed by atoms with Crippen molar-refractivity contribution in [1.29, 1.82) is 0 Å². The number of nitrogen functional groups attached to an aromatic ring is 1. The van der Waals surface area contributed by atoms with E-state index in [2.05, 4.69) is 10.0 Å². The van der Waals surface area contributed by atoms with Crippen LogP contribution in [0.3, 0.4) is 0 Å². The third-order valence-corrected chi connectivity index (χ3v) is 2.28. The number of hydrogen-bond donors (Lipinski definition) is 1. The van der Waals surface area contributed by atoms with Gasteiger partial charge in [-0.3, -0.25) is 20.2 Å². The Balaban J connectivity index is 0.000000224. The number of azide groups is 1. The second kappa shape index (κ2) is 7.82. The Morgan fingerprint density at radius 3 is 2.00 bits per heavy atom. The second-order valence-corrected chi connectivity index (χ2v) is 3.82. The van der Waals surface area contributed by atoms with E-state index in [1.54, 1.807) is 12.1 Å². The highest BCUT2D eigenvalue weighted by Crippen LogP contribution is 2.19. The zero-order valence-corrected chi connectivity index (χ0v) is 11.1. The predicted octanol–water partition coefficient (Wildman–Crippen LogP) is 3.71. The minimum absolute atomic E-state index is 0.0278. The molecule has 2 aromatic carbocycles. The third kappa shape index (κ3) is 5.15. The summed E-state index contributed by atoms with van der Waals surface area (Å²) in [7, 11) is 0. The van der Waals surface area contributed by atoms with Crippen LogP contribution in [0.15, 0.2) is 53.6 Å². The molecule has 2 N–H and O–H groups in total. The summed E-state index contributed by atoms with van der Waals surface area (Å²) in [6.45, 7) is 0. The lowest BCUT2D eigenvalue weighted by Crippen LogP contribution is -1.89. The second-order valence-electron chi connectivity index (χ2n) is 3.82. The Labute approximate surface area is 123 Å². The Kier molecular flexibility index (Phi) is 5.83. The minimum Gasteiger partial charge on any atom is -0.399 e. The van der Waals surface area contributed by atoms with Crippen molar-refractivity contribution in [3.05, 3.63) is 79.2 Å². The van der Waals surface area contributed by atoms with E-state index in [1.165, 1.54) is 36.4 Å². The molecule has 0 radical (unpaired) electrons. The van der Waals surface area contributed by atoms with E-state index in [0.717, 1.165) is 0 Å². The van der Waals surface area contributed by atoms with Gasteiger partial charge in [0.25, 0.3) is 11.4 Å². The quantitative estimate of drug-likeness (QED) is 0.228. The molecule has 0 aliphatic heterocycles. The summed E-state index contributed by atoms with van der Waals surface area (Å²) in [4.78, 5) is 21.8. The van der Waals surface area contributed by atoms with Crippen LogP contribution in [0.5, 0.6) is 0 Å². The highest BCUT2D eigenvalue weighted by Gasteiger charge is 2.03. The molecule has 0 amide bonds. The molecule has 0 heterocycles. The summed E-state index contributed by atoms with van der Waals surface area (Å²) in [6.07, 6.45) is 0. The number of rotatable bonds is 3. The van der Waals surface area contributed by atoms with Crippen LogP contribution < -0.4 is 5.73 Å². The fourth-order valence-electron chi connectivity index (χ4n) is 1.36. The van der Waals surface area contributed by atoms with E-state index < -0.39 is 9.85 Å². The van der Waals surface area contributed by atoms with Gasteiger partial charge in [0.1, 0.15) is 0 Å². The summed E-state index contributed by atoms with van der Waals surface area (Å²) in [5.41, 5.74) is 13.9. The van der Waals surface area contributed by atoms with Crippen LogP contribution in [-0.4, -0.2) is 9.85 Å². The standard InChI is InChI=1S/C6H4N4O2.C6H6N2O2/c7-9-8-5-2-1-3-6(4-5)10(11)12;7-5-2-1-3-6(4-5)8(9)10/h1-4H;1-4H,7H2. The predicted molar refractivity (Wildman–Crippen MR) is 79.4 cm³/mol. The van der Waals surface area contributed by atoms with E-state index >= 15 is 0 Å². The lowest BCUT2D eigenvalue weighted by molar-refractivity contribution is -0.385. The molecule has 10 nitrogen and oxygen atoms in total. The van der Waals surface area contributed by atoms with Crippen LogP contribution in [0.4, 0.5) is 22.7 Å². The summed E-state index contributed by atoms with van der Waals surface area (Å²) in [5.74, 6) is 0. The number of nitro groups is 2. The molecule has 0 aliphatic rings. The normalized spacial score (nSPS) is 8.91. The average Bonchev–Trinajstić information content (AvgIpc) is 2.48. The zero-order chi connectivity index (χ0) is 16.5. The third-order valence-electron chi connectivity index (χ3n) is 2.28. The van der Waals surface area contributed by atoms with Crippen LogP contribution in [0, 0.1) is 20.2 Å². The van der Waals surface area contributed by atoms with Crippen molar-refractivity contribution in [1.82, 2.24) is 0 Å². The highest BCUT2D eigenvalue weighted by atomic mass is 16.6. The van der Waals surface area contributed by atoms with Gasteiger partial charge in [-0.2, -0.15) is 0 Å². The first kappa shape index (κ1) is 16.4. The number of nitrogens with two attached hydrogens (primary N) is 1. The van der Waals surface area contributed by atoms with Gasteiger partial charge >= 0.3 is 0 Å². The molecule has 0 fully saturated rings. The van der Waals surface area contributed by atoms with Crippen molar-refractivity contribution in [2.24, 2.45) is 5.11 Å². The molecule has 22 heavy (non-hydrogen) atoms. The molecule has 0 spiro atoms. The van der Waals surface area contributed by atoms with Crippen LogP contribution in [0.2, 0.25) is 0 Å². The van der Waals surface area contributed by atoms with Crippen LogP contribution >= 0.6 is 0 Å².